The van der Waals surface area contributed by atoms with Gasteiger partial charge in [-0.15, -0.1) is 0 Å². The maximum atomic E-state index is 14.4. The van der Waals surface area contributed by atoms with E-state index in [1.807, 2.05) is 0 Å². The first-order chi connectivity index (χ1) is 15.4. The minimum absolute atomic E-state index is 0.0206. The molecule has 7 nitrogen and oxygen atoms in total. The molecule has 10 heteroatoms. The third-order valence-electron chi connectivity index (χ3n) is 4.63. The van der Waals surface area contributed by atoms with Gasteiger partial charge in [-0.05, 0) is 30.3 Å². The highest BCUT2D eigenvalue weighted by atomic mass is 19.1. The average molecular weight is 440 g/mol. The fraction of sp³-hybridized carbons (Fsp3) is 0.0455. The monoisotopic (exact) mass is 440 g/mol. The average Bonchev–Trinajstić information content (AvgIpc) is 3.45. The number of methoxy groups -OCH3 is 1. The number of amides is 1. The zero-order valence-corrected chi connectivity index (χ0v) is 16.6. The van der Waals surface area contributed by atoms with Gasteiger partial charge in [0.2, 0.25) is 0 Å². The van der Waals surface area contributed by atoms with Crippen LogP contribution in [0.1, 0.15) is 20.7 Å². The fourth-order valence-electron chi connectivity index (χ4n) is 3.13. The first-order valence-corrected chi connectivity index (χ1v) is 9.25. The van der Waals surface area contributed by atoms with E-state index in [2.05, 4.69) is 15.2 Å². The number of hydrogen-bond donors (Lipinski definition) is 1. The summed E-state index contributed by atoms with van der Waals surface area (Å²) < 4.78 is 49.8. The van der Waals surface area contributed by atoms with Gasteiger partial charge in [-0.3, -0.25) is 4.79 Å². The molecule has 1 amide bonds. The molecule has 162 valence electrons. The van der Waals surface area contributed by atoms with E-state index in [1.54, 1.807) is 30.6 Å². The predicted molar refractivity (Wildman–Crippen MR) is 108 cm³/mol. The SMILES string of the molecule is COC(=O)c1cc(NC(=O)c2cnn(-c3ccccc3F)c2-n2cccc2)c(F)cc1F. The molecule has 1 N–H and O–H groups in total. The number of halogens is 3. The Labute approximate surface area is 179 Å². The Morgan fingerprint density at radius 3 is 2.34 bits per heavy atom. The van der Waals surface area contributed by atoms with Crippen molar-refractivity contribution in [3.63, 3.8) is 0 Å². The van der Waals surface area contributed by atoms with Crippen molar-refractivity contribution in [3.05, 3.63) is 95.7 Å². The largest absolute Gasteiger partial charge is 0.465 e. The summed E-state index contributed by atoms with van der Waals surface area (Å²) in [6.45, 7) is 0. The van der Waals surface area contributed by atoms with Crippen molar-refractivity contribution in [2.75, 3.05) is 12.4 Å². The lowest BCUT2D eigenvalue weighted by atomic mass is 10.1. The molecule has 2 aromatic heterocycles. The smallest absolute Gasteiger partial charge is 0.340 e. The number of hydrogen-bond acceptors (Lipinski definition) is 4. The zero-order chi connectivity index (χ0) is 22.8. The number of benzene rings is 2. The molecule has 0 bridgehead atoms. The van der Waals surface area contributed by atoms with Gasteiger partial charge in [0.25, 0.3) is 5.91 Å². The predicted octanol–water partition coefficient (Wildman–Crippen LogP) is 4.12. The Balaban J connectivity index is 1.78. The van der Waals surface area contributed by atoms with Gasteiger partial charge in [0.05, 0.1) is 24.6 Å². The van der Waals surface area contributed by atoms with Crippen molar-refractivity contribution >= 4 is 17.6 Å². The number of nitrogens with zero attached hydrogens (tertiary/aromatic N) is 3. The van der Waals surface area contributed by atoms with Gasteiger partial charge in [-0.25, -0.2) is 22.6 Å². The Morgan fingerprint density at radius 2 is 1.66 bits per heavy atom. The van der Waals surface area contributed by atoms with Gasteiger partial charge in [-0.1, -0.05) is 12.1 Å². The second-order valence-electron chi connectivity index (χ2n) is 6.59. The number of nitrogens with one attached hydrogen (secondary N) is 1. The lowest BCUT2D eigenvalue weighted by molar-refractivity contribution is 0.0595. The number of rotatable bonds is 5. The molecule has 0 unspecified atom stereocenters. The highest BCUT2D eigenvalue weighted by Gasteiger charge is 2.23. The number of anilines is 1. The Kier molecular flexibility index (Phi) is 5.50. The minimum Gasteiger partial charge on any atom is -0.465 e. The molecule has 4 aromatic rings. The zero-order valence-electron chi connectivity index (χ0n) is 16.6. The molecule has 0 atom stereocenters. The summed E-state index contributed by atoms with van der Waals surface area (Å²) in [6, 6.07) is 10.6. The minimum atomic E-state index is -1.13. The molecule has 4 rings (SSSR count). The van der Waals surface area contributed by atoms with Crippen molar-refractivity contribution in [1.29, 1.82) is 0 Å². The van der Waals surface area contributed by atoms with E-state index < -0.39 is 40.6 Å². The highest BCUT2D eigenvalue weighted by Crippen LogP contribution is 2.25. The van der Waals surface area contributed by atoms with Gasteiger partial charge in [0.15, 0.2) is 5.82 Å². The Hall–Kier alpha value is -4.34. The van der Waals surface area contributed by atoms with Gasteiger partial charge >= 0.3 is 5.97 Å². The van der Waals surface area contributed by atoms with Gasteiger partial charge < -0.3 is 14.6 Å². The number of para-hydroxylation sites is 1. The molecule has 2 heterocycles. The van der Waals surface area contributed by atoms with Gasteiger partial charge in [-0.2, -0.15) is 5.10 Å². The number of carbonyl (C=O) groups excluding carboxylic acids is 2. The molecule has 2 aromatic carbocycles. The normalized spacial score (nSPS) is 10.8. The van der Waals surface area contributed by atoms with Crippen LogP contribution in [-0.2, 0) is 4.74 Å². The van der Waals surface area contributed by atoms with Crippen molar-refractivity contribution in [3.8, 4) is 11.5 Å². The maximum Gasteiger partial charge on any atom is 0.340 e. The first kappa shape index (κ1) is 20.9. The van der Waals surface area contributed by atoms with Crippen LogP contribution in [0.5, 0.6) is 0 Å². The first-order valence-electron chi connectivity index (χ1n) is 9.25. The summed E-state index contributed by atoms with van der Waals surface area (Å²) in [5, 5.41) is 6.43. The van der Waals surface area contributed by atoms with Crippen molar-refractivity contribution in [2.45, 2.75) is 0 Å². The Morgan fingerprint density at radius 1 is 0.938 bits per heavy atom. The number of ether oxygens (including phenoxy) is 1. The Bertz CT molecular complexity index is 1320. The van der Waals surface area contributed by atoms with Crippen LogP contribution in [0.4, 0.5) is 18.9 Å². The second-order valence-corrected chi connectivity index (χ2v) is 6.59. The summed E-state index contributed by atoms with van der Waals surface area (Å²) in [6.07, 6.45) is 4.44. The number of esters is 1. The summed E-state index contributed by atoms with van der Waals surface area (Å²) in [7, 11) is 1.05. The topological polar surface area (TPSA) is 78.2 Å². The van der Waals surface area contributed by atoms with Crippen molar-refractivity contribution in [2.24, 2.45) is 0 Å². The quantitative estimate of drug-likeness (QED) is 0.474. The summed E-state index contributed by atoms with van der Waals surface area (Å²) in [5.41, 5.74) is -0.908. The van der Waals surface area contributed by atoms with E-state index in [0.29, 0.717) is 6.07 Å². The lowest BCUT2D eigenvalue weighted by Gasteiger charge is -2.12. The van der Waals surface area contributed by atoms with Crippen LogP contribution < -0.4 is 5.32 Å². The fourth-order valence-corrected chi connectivity index (χ4v) is 3.13. The van der Waals surface area contributed by atoms with E-state index in [4.69, 9.17) is 0 Å². The molecular weight excluding hydrogens is 425 g/mol. The summed E-state index contributed by atoms with van der Waals surface area (Å²) in [5.74, 6) is -4.44. The maximum absolute atomic E-state index is 14.4. The van der Waals surface area contributed by atoms with Gasteiger partial charge in [0.1, 0.15) is 28.7 Å². The molecular formula is C22H15F3N4O3. The van der Waals surface area contributed by atoms with Crippen LogP contribution in [0.25, 0.3) is 11.5 Å². The molecule has 0 saturated carbocycles. The van der Waals surface area contributed by atoms with E-state index in [0.717, 1.165) is 13.2 Å². The second kappa shape index (κ2) is 8.42. The van der Waals surface area contributed by atoms with Crippen molar-refractivity contribution in [1.82, 2.24) is 14.3 Å². The molecule has 32 heavy (non-hydrogen) atoms. The number of aromatic nitrogens is 3. The van der Waals surface area contributed by atoms with Gasteiger partial charge in [0, 0.05) is 18.5 Å². The summed E-state index contributed by atoms with van der Waals surface area (Å²) in [4.78, 5) is 24.7. The molecule has 0 aliphatic carbocycles. The third-order valence-corrected chi connectivity index (χ3v) is 4.63. The van der Waals surface area contributed by atoms with Crippen LogP contribution in [0.3, 0.4) is 0 Å². The lowest BCUT2D eigenvalue weighted by Crippen LogP contribution is -2.17. The summed E-state index contributed by atoms with van der Waals surface area (Å²) >= 11 is 0. The standard InChI is InChI=1S/C22H15F3N4O3/c1-32-22(31)13-10-18(17(25)11-16(13)24)27-20(30)14-12-26-29(19-7-3-2-6-15(19)23)21(14)28-8-4-5-9-28/h2-12H,1H3,(H,27,30). The van der Waals surface area contributed by atoms with Crippen LogP contribution in [0, 0.1) is 17.5 Å². The number of carbonyl (C=O) groups is 2. The third kappa shape index (κ3) is 3.73. The molecule has 0 saturated heterocycles. The molecule has 0 radical (unpaired) electrons. The highest BCUT2D eigenvalue weighted by molar-refractivity contribution is 6.07. The van der Waals surface area contributed by atoms with E-state index in [1.165, 1.54) is 33.6 Å². The molecule has 0 spiro atoms. The van der Waals surface area contributed by atoms with Crippen LogP contribution in [0.2, 0.25) is 0 Å². The molecule has 0 fully saturated rings. The van der Waals surface area contributed by atoms with E-state index in [-0.39, 0.29) is 17.1 Å². The van der Waals surface area contributed by atoms with Crippen LogP contribution >= 0.6 is 0 Å². The molecule has 0 aliphatic rings. The van der Waals surface area contributed by atoms with Crippen LogP contribution in [-0.4, -0.2) is 33.3 Å². The van der Waals surface area contributed by atoms with Crippen LogP contribution in [0.15, 0.2) is 67.1 Å². The molecule has 0 aliphatic heterocycles. The van der Waals surface area contributed by atoms with E-state index >= 15 is 0 Å². The van der Waals surface area contributed by atoms with E-state index in [9.17, 15) is 22.8 Å². The van der Waals surface area contributed by atoms with Crippen molar-refractivity contribution < 1.29 is 27.5 Å².